The normalized spacial score (nSPS) is 13.6. The Morgan fingerprint density at radius 2 is 0.942 bits per heavy atom. The molecule has 4 atom stereocenters. The summed E-state index contributed by atoms with van der Waals surface area (Å²) in [7, 11) is 0. The summed E-state index contributed by atoms with van der Waals surface area (Å²) in [5.41, 5.74) is 14.8. The molecule has 12 nitrogen and oxygen atoms in total. The summed E-state index contributed by atoms with van der Waals surface area (Å²) < 4.78 is 0. The monoisotopic (exact) mass is 743 g/mol. The van der Waals surface area contributed by atoms with E-state index in [4.69, 9.17) is 17.2 Å². The van der Waals surface area contributed by atoms with Crippen LogP contribution in [-0.2, 0) is 19.2 Å². The molecule has 0 heterocycles. The average molecular weight is 743 g/mol. The summed E-state index contributed by atoms with van der Waals surface area (Å²) in [5, 5.41) is 7.84. The van der Waals surface area contributed by atoms with Crippen molar-refractivity contribution in [2.75, 3.05) is 13.1 Å². The second kappa shape index (κ2) is 28.5. The molecule has 0 saturated heterocycles. The highest BCUT2D eigenvalue weighted by Crippen LogP contribution is 2.26. The summed E-state index contributed by atoms with van der Waals surface area (Å²) in [6.07, 6.45) is 2.34. The van der Waals surface area contributed by atoms with Crippen molar-refractivity contribution in [2.24, 2.45) is 63.5 Å². The standard InChI is InChI=1S/2C16H31N3O3.2C4H10/c1-10(2)11(3)14(21)19-12(13(20)16(4,5)6)8-7-9-18-15(17)22;1-10(2)13(17)12(20)9-11(14(21)16(3,4)5)7-6-8-19-15(18)22;2*1-4(2)3/h10-12H,7-9H2,1-6H3,(H,19,21)(H3,17,18,22);10-11,13H,6-9,17H2,1-5H3,(H3,18,19,22);2*4H,1-3H3. The number of nitrogens with one attached hydrogen (secondary N) is 3. The minimum absolute atomic E-state index is 0.00381. The molecule has 0 aliphatic heterocycles. The van der Waals surface area contributed by atoms with Gasteiger partial charge in [0.05, 0.1) is 12.1 Å². The van der Waals surface area contributed by atoms with Crippen LogP contribution in [-0.4, -0.2) is 60.5 Å². The SMILES string of the molecule is CC(C)C.CC(C)C.CC(C)C(C)C(=O)NC(CCCNC(N)=O)C(=O)C(C)(C)C.CC(C)C(N)C(=O)CC(CCCNC(N)=O)C(=O)C(C)(C)C. The number of amides is 5. The lowest BCUT2D eigenvalue weighted by Crippen LogP contribution is -2.48. The fourth-order valence-electron chi connectivity index (χ4n) is 4.16. The molecule has 0 aromatic rings. The topological polar surface area (TPSA) is 217 Å². The highest BCUT2D eigenvalue weighted by atomic mass is 16.2. The fraction of sp³-hybridized carbons (Fsp3) is 0.850. The summed E-state index contributed by atoms with van der Waals surface area (Å²) in [4.78, 5) is 70.7. The van der Waals surface area contributed by atoms with Crippen LogP contribution in [0.4, 0.5) is 9.59 Å². The number of hydrogen-bond donors (Lipinski definition) is 6. The van der Waals surface area contributed by atoms with Crippen molar-refractivity contribution in [1.82, 2.24) is 16.0 Å². The maximum absolute atomic E-state index is 12.5. The first-order chi connectivity index (χ1) is 23.4. The van der Waals surface area contributed by atoms with Gasteiger partial charge in [0.2, 0.25) is 5.91 Å². The molecule has 0 aromatic heterocycles. The van der Waals surface area contributed by atoms with E-state index in [9.17, 15) is 28.8 Å². The van der Waals surface area contributed by atoms with Gasteiger partial charge in [-0.25, -0.2) is 9.59 Å². The number of urea groups is 2. The number of carbonyl (C=O) groups is 6. The Hall–Kier alpha value is -3.02. The number of hydrogen-bond acceptors (Lipinski definition) is 7. The molecule has 308 valence electrons. The number of nitrogens with two attached hydrogens (primary N) is 3. The molecule has 0 bridgehead atoms. The maximum Gasteiger partial charge on any atom is 0.312 e. The smallest absolute Gasteiger partial charge is 0.312 e. The summed E-state index contributed by atoms with van der Waals surface area (Å²) in [5.74, 6) is 1.26. The van der Waals surface area contributed by atoms with Crippen LogP contribution in [0.25, 0.3) is 0 Å². The first kappa shape index (κ1) is 55.7. The van der Waals surface area contributed by atoms with Crippen LogP contribution in [0.15, 0.2) is 0 Å². The molecule has 0 aromatic carbocycles. The third-order valence-corrected chi connectivity index (χ3v) is 7.43. The summed E-state index contributed by atoms with van der Waals surface area (Å²) >= 11 is 0. The summed E-state index contributed by atoms with van der Waals surface area (Å²) in [6.45, 7) is 34.4. The molecule has 9 N–H and O–H groups in total. The molecular weight excluding hydrogens is 660 g/mol. The van der Waals surface area contributed by atoms with E-state index in [1.807, 2.05) is 76.2 Å². The zero-order valence-corrected chi connectivity index (χ0v) is 36.3. The highest BCUT2D eigenvalue weighted by molar-refractivity contribution is 5.93. The van der Waals surface area contributed by atoms with Gasteiger partial charge in [-0.3, -0.25) is 19.2 Å². The van der Waals surface area contributed by atoms with Gasteiger partial charge in [-0.05, 0) is 49.4 Å². The number of rotatable bonds is 17. The van der Waals surface area contributed by atoms with E-state index in [0.29, 0.717) is 38.8 Å². The van der Waals surface area contributed by atoms with Gasteiger partial charge < -0.3 is 33.2 Å². The predicted octanol–water partition coefficient (Wildman–Crippen LogP) is 6.76. The van der Waals surface area contributed by atoms with Crippen molar-refractivity contribution in [2.45, 2.75) is 162 Å². The van der Waals surface area contributed by atoms with Crippen molar-refractivity contribution in [3.05, 3.63) is 0 Å². The second-order valence-corrected chi connectivity index (χ2v) is 17.8. The number of ketones is 3. The molecule has 52 heavy (non-hydrogen) atoms. The van der Waals surface area contributed by atoms with Crippen LogP contribution in [0.1, 0.15) is 150 Å². The lowest BCUT2D eigenvalue weighted by Gasteiger charge is -2.27. The Morgan fingerprint density at radius 1 is 0.577 bits per heavy atom. The van der Waals surface area contributed by atoms with E-state index in [1.54, 1.807) is 0 Å². The van der Waals surface area contributed by atoms with Crippen molar-refractivity contribution in [1.29, 1.82) is 0 Å². The van der Waals surface area contributed by atoms with Crippen molar-refractivity contribution < 1.29 is 28.8 Å². The van der Waals surface area contributed by atoms with Gasteiger partial charge >= 0.3 is 12.1 Å². The molecule has 4 unspecified atom stereocenters. The van der Waals surface area contributed by atoms with E-state index in [2.05, 4.69) is 57.5 Å². The van der Waals surface area contributed by atoms with Gasteiger partial charge in [-0.1, -0.05) is 118 Å². The molecule has 5 amide bonds. The Kier molecular flexibility index (Phi) is 30.5. The van der Waals surface area contributed by atoms with Crippen LogP contribution in [0.2, 0.25) is 0 Å². The molecule has 0 rings (SSSR count). The molecule has 0 aliphatic rings. The van der Waals surface area contributed by atoms with Crippen LogP contribution in [0.3, 0.4) is 0 Å². The lowest BCUT2D eigenvalue weighted by molar-refractivity contribution is -0.134. The van der Waals surface area contributed by atoms with Crippen LogP contribution >= 0.6 is 0 Å². The molecule has 0 fully saturated rings. The highest BCUT2D eigenvalue weighted by Gasteiger charge is 2.33. The maximum atomic E-state index is 12.5. The molecule has 0 saturated carbocycles. The first-order valence-electron chi connectivity index (χ1n) is 19.1. The van der Waals surface area contributed by atoms with Crippen molar-refractivity contribution in [3.63, 3.8) is 0 Å². The van der Waals surface area contributed by atoms with Gasteiger partial charge in [-0.15, -0.1) is 0 Å². The van der Waals surface area contributed by atoms with Crippen molar-refractivity contribution in [3.8, 4) is 0 Å². The van der Waals surface area contributed by atoms with E-state index in [-0.39, 0.29) is 53.3 Å². The van der Waals surface area contributed by atoms with Crippen LogP contribution < -0.4 is 33.2 Å². The Labute approximate surface area is 318 Å². The van der Waals surface area contributed by atoms with Gasteiger partial charge in [0, 0.05) is 42.2 Å². The quantitative estimate of drug-likeness (QED) is 0.0879. The molecule has 0 aliphatic carbocycles. The van der Waals surface area contributed by atoms with Gasteiger partial charge in [0.1, 0.15) is 5.78 Å². The predicted molar refractivity (Wildman–Crippen MR) is 215 cm³/mol. The summed E-state index contributed by atoms with van der Waals surface area (Å²) in [6, 6.07) is -2.25. The Balaban J connectivity index is -0.000000366. The first-order valence-corrected chi connectivity index (χ1v) is 19.1. The molecule has 0 radical (unpaired) electrons. The Bertz CT molecular complexity index is 957. The van der Waals surface area contributed by atoms with E-state index in [0.717, 1.165) is 11.8 Å². The van der Waals surface area contributed by atoms with Crippen LogP contribution in [0, 0.1) is 46.3 Å². The van der Waals surface area contributed by atoms with E-state index >= 15 is 0 Å². The molecule has 12 heteroatoms. The largest absolute Gasteiger partial charge is 0.352 e. The average Bonchev–Trinajstić information content (AvgIpc) is 2.96. The number of Topliss-reactive ketones (excluding diaryl/α,β-unsaturated/α-hetero) is 3. The number of carbonyl (C=O) groups excluding carboxylic acids is 6. The third kappa shape index (κ3) is 32.9. The van der Waals surface area contributed by atoms with Crippen molar-refractivity contribution >= 4 is 35.3 Å². The van der Waals surface area contributed by atoms with Crippen LogP contribution in [0.5, 0.6) is 0 Å². The molecular formula is C40H82N6O6. The fourth-order valence-corrected chi connectivity index (χ4v) is 4.16. The van der Waals surface area contributed by atoms with Gasteiger partial charge in [-0.2, -0.15) is 0 Å². The second-order valence-electron chi connectivity index (χ2n) is 17.8. The number of primary amides is 2. The van der Waals surface area contributed by atoms with E-state index < -0.39 is 35.0 Å². The lowest BCUT2D eigenvalue weighted by atomic mass is 9.78. The molecule has 0 spiro atoms. The zero-order valence-electron chi connectivity index (χ0n) is 36.3. The van der Waals surface area contributed by atoms with E-state index in [1.165, 1.54) is 0 Å². The third-order valence-electron chi connectivity index (χ3n) is 7.43. The Morgan fingerprint density at radius 3 is 1.25 bits per heavy atom. The minimum Gasteiger partial charge on any atom is -0.352 e. The van der Waals surface area contributed by atoms with Gasteiger partial charge in [0.15, 0.2) is 11.6 Å². The minimum atomic E-state index is -0.587. The van der Waals surface area contributed by atoms with Gasteiger partial charge in [0.25, 0.3) is 0 Å². The zero-order chi connectivity index (χ0) is 42.2.